The van der Waals surface area contributed by atoms with Crippen molar-refractivity contribution >= 4 is 9.84 Å². The third-order valence-electron chi connectivity index (χ3n) is 3.24. The second kappa shape index (κ2) is 5.11. The van der Waals surface area contributed by atoms with Crippen LogP contribution in [0.3, 0.4) is 0 Å². The fraction of sp³-hybridized carbons (Fsp3) is 0.333. The molecule has 1 atom stereocenters. The zero-order valence-corrected chi connectivity index (χ0v) is 11.5. The van der Waals surface area contributed by atoms with Crippen LogP contribution in [0.5, 0.6) is 0 Å². The predicted molar refractivity (Wildman–Crippen MR) is 75.1 cm³/mol. The van der Waals surface area contributed by atoms with Crippen LogP contribution in [0.25, 0.3) is 0 Å². The number of allylic oxidation sites excluding steroid dienone is 3. The molecule has 0 heterocycles. The summed E-state index contributed by atoms with van der Waals surface area (Å²) in [6, 6.07) is 10.1. The van der Waals surface area contributed by atoms with Crippen molar-refractivity contribution in [1.29, 1.82) is 0 Å². The van der Waals surface area contributed by atoms with Gasteiger partial charge in [-0.1, -0.05) is 42.5 Å². The fourth-order valence-corrected chi connectivity index (χ4v) is 3.17. The summed E-state index contributed by atoms with van der Waals surface area (Å²) in [6.45, 7) is 3.43. The molecule has 2 nitrogen and oxygen atoms in total. The van der Waals surface area contributed by atoms with E-state index in [4.69, 9.17) is 0 Å². The molecule has 1 unspecified atom stereocenters. The Kier molecular flexibility index (Phi) is 3.71. The molecule has 0 spiro atoms. The molecule has 0 aromatic heterocycles. The van der Waals surface area contributed by atoms with Gasteiger partial charge < -0.3 is 0 Å². The molecule has 1 aliphatic rings. The van der Waals surface area contributed by atoms with Crippen LogP contribution >= 0.6 is 0 Å². The average Bonchev–Trinajstić information content (AvgIpc) is 2.40. The highest BCUT2D eigenvalue weighted by molar-refractivity contribution is 7.96. The van der Waals surface area contributed by atoms with Gasteiger partial charge in [-0.3, -0.25) is 0 Å². The summed E-state index contributed by atoms with van der Waals surface area (Å²) >= 11 is 0. The summed E-state index contributed by atoms with van der Waals surface area (Å²) < 4.78 is 24.0. The Morgan fingerprint density at radius 1 is 1.17 bits per heavy atom. The molecule has 0 saturated carbocycles. The molecule has 0 fully saturated rings. The summed E-state index contributed by atoms with van der Waals surface area (Å²) in [5.74, 6) is 0.289. The predicted octanol–water partition coefficient (Wildman–Crippen LogP) is 3.44. The number of rotatable bonds is 3. The van der Waals surface area contributed by atoms with Gasteiger partial charge in [-0.05, 0) is 31.9 Å². The van der Waals surface area contributed by atoms with Gasteiger partial charge in [-0.15, -0.1) is 0 Å². The van der Waals surface area contributed by atoms with Crippen molar-refractivity contribution in [2.45, 2.75) is 31.4 Å². The van der Waals surface area contributed by atoms with E-state index in [1.807, 2.05) is 30.4 Å². The van der Waals surface area contributed by atoms with Crippen LogP contribution in [0.2, 0.25) is 0 Å². The Balaban J connectivity index is 2.18. The summed E-state index contributed by atoms with van der Waals surface area (Å²) in [7, 11) is -3.13. The number of benzene rings is 1. The summed E-state index contributed by atoms with van der Waals surface area (Å²) in [6.07, 6.45) is 6.33. The molecule has 1 aromatic rings. The molecule has 2 rings (SSSR count). The SMILES string of the molecule is CC(C)S(=O)(=O)C1=CCC(c2ccccc2)C=C1. The highest BCUT2D eigenvalue weighted by Gasteiger charge is 2.22. The summed E-state index contributed by atoms with van der Waals surface area (Å²) in [4.78, 5) is 0.463. The lowest BCUT2D eigenvalue weighted by atomic mass is 9.93. The van der Waals surface area contributed by atoms with Crippen LogP contribution in [0, 0.1) is 0 Å². The maximum absolute atomic E-state index is 12.0. The fourth-order valence-electron chi connectivity index (χ4n) is 2.03. The number of sulfone groups is 1. The molecule has 0 bridgehead atoms. The molecule has 0 saturated heterocycles. The van der Waals surface area contributed by atoms with Gasteiger partial charge in [-0.2, -0.15) is 0 Å². The second-order valence-electron chi connectivity index (χ2n) is 4.81. The largest absolute Gasteiger partial charge is 0.223 e. The number of hydrogen-bond donors (Lipinski definition) is 0. The van der Waals surface area contributed by atoms with Crippen molar-refractivity contribution in [3.05, 3.63) is 59.0 Å². The van der Waals surface area contributed by atoms with E-state index in [9.17, 15) is 8.42 Å². The molecular formula is C15H18O2S. The Morgan fingerprint density at radius 3 is 2.33 bits per heavy atom. The molecule has 0 radical (unpaired) electrons. The minimum absolute atomic E-state index is 0.289. The molecule has 1 aliphatic carbocycles. The highest BCUT2D eigenvalue weighted by atomic mass is 32.2. The van der Waals surface area contributed by atoms with Crippen molar-refractivity contribution in [2.24, 2.45) is 0 Å². The maximum atomic E-state index is 12.0. The van der Waals surface area contributed by atoms with Crippen LogP contribution in [-0.4, -0.2) is 13.7 Å². The lowest BCUT2D eigenvalue weighted by Gasteiger charge is -2.17. The summed E-state index contributed by atoms with van der Waals surface area (Å²) in [5.41, 5.74) is 1.23. The smallest absolute Gasteiger partial charge is 0.180 e. The van der Waals surface area contributed by atoms with Crippen LogP contribution in [0.1, 0.15) is 31.7 Å². The van der Waals surface area contributed by atoms with Gasteiger partial charge in [0.05, 0.1) is 10.2 Å². The van der Waals surface area contributed by atoms with Crippen LogP contribution < -0.4 is 0 Å². The molecule has 18 heavy (non-hydrogen) atoms. The molecule has 96 valence electrons. The Labute approximate surface area is 109 Å². The van der Waals surface area contributed by atoms with E-state index in [0.717, 1.165) is 6.42 Å². The van der Waals surface area contributed by atoms with Crippen LogP contribution in [0.15, 0.2) is 53.5 Å². The average molecular weight is 262 g/mol. The minimum atomic E-state index is -3.13. The Bertz CT molecular complexity index is 566. The zero-order valence-electron chi connectivity index (χ0n) is 10.7. The first-order valence-electron chi connectivity index (χ1n) is 6.19. The summed E-state index contributed by atoms with van der Waals surface area (Å²) in [5, 5.41) is -0.360. The van der Waals surface area contributed by atoms with Crippen LogP contribution in [-0.2, 0) is 9.84 Å². The van der Waals surface area contributed by atoms with E-state index in [0.29, 0.717) is 4.91 Å². The first kappa shape index (κ1) is 13.1. The van der Waals surface area contributed by atoms with Gasteiger partial charge in [-0.25, -0.2) is 8.42 Å². The van der Waals surface area contributed by atoms with Gasteiger partial charge in [0.2, 0.25) is 0 Å². The molecule has 1 aromatic carbocycles. The van der Waals surface area contributed by atoms with E-state index in [2.05, 4.69) is 12.1 Å². The lowest BCUT2D eigenvalue weighted by Crippen LogP contribution is -2.16. The standard InChI is InChI=1S/C15H18O2S/c1-12(2)18(16,17)15-10-8-14(9-11-15)13-6-4-3-5-7-13/h3-8,10-12,14H,9H2,1-2H3. The monoisotopic (exact) mass is 262 g/mol. The third-order valence-corrected chi connectivity index (χ3v) is 5.44. The van der Waals surface area contributed by atoms with Gasteiger partial charge in [0.25, 0.3) is 0 Å². The highest BCUT2D eigenvalue weighted by Crippen LogP contribution is 2.29. The van der Waals surface area contributed by atoms with Crippen molar-refractivity contribution in [2.75, 3.05) is 0 Å². The molecule has 0 aliphatic heterocycles. The van der Waals surface area contributed by atoms with Crippen molar-refractivity contribution in [3.63, 3.8) is 0 Å². The quantitative estimate of drug-likeness (QED) is 0.836. The Hall–Kier alpha value is -1.35. The van der Waals surface area contributed by atoms with Crippen LogP contribution in [0.4, 0.5) is 0 Å². The lowest BCUT2D eigenvalue weighted by molar-refractivity contribution is 0.594. The second-order valence-corrected chi connectivity index (χ2v) is 7.32. The molecule has 3 heteroatoms. The molecular weight excluding hydrogens is 244 g/mol. The van der Waals surface area contributed by atoms with Crippen molar-refractivity contribution < 1.29 is 8.42 Å². The third kappa shape index (κ3) is 2.56. The van der Waals surface area contributed by atoms with E-state index < -0.39 is 9.84 Å². The molecule has 0 N–H and O–H groups in total. The van der Waals surface area contributed by atoms with Gasteiger partial charge in [0.1, 0.15) is 0 Å². The number of hydrogen-bond acceptors (Lipinski definition) is 2. The van der Waals surface area contributed by atoms with E-state index >= 15 is 0 Å². The van der Waals surface area contributed by atoms with Gasteiger partial charge >= 0.3 is 0 Å². The van der Waals surface area contributed by atoms with Gasteiger partial charge in [0, 0.05) is 5.92 Å². The topological polar surface area (TPSA) is 34.1 Å². The first-order chi connectivity index (χ1) is 8.51. The van der Waals surface area contributed by atoms with Crippen molar-refractivity contribution in [3.8, 4) is 0 Å². The normalized spacial score (nSPS) is 19.9. The maximum Gasteiger partial charge on any atom is 0.180 e. The van der Waals surface area contributed by atoms with Gasteiger partial charge in [0.15, 0.2) is 9.84 Å². The minimum Gasteiger partial charge on any atom is -0.223 e. The Morgan fingerprint density at radius 2 is 1.83 bits per heavy atom. The molecule has 0 amide bonds. The zero-order chi connectivity index (χ0) is 13.2. The van der Waals surface area contributed by atoms with E-state index in [-0.39, 0.29) is 11.2 Å². The first-order valence-corrected chi connectivity index (χ1v) is 7.73. The van der Waals surface area contributed by atoms with E-state index in [1.165, 1.54) is 5.56 Å². The van der Waals surface area contributed by atoms with Crippen molar-refractivity contribution in [1.82, 2.24) is 0 Å². The van der Waals surface area contributed by atoms with E-state index in [1.54, 1.807) is 19.9 Å².